The molecular formula is C15H21N5O4. The number of nitrogens with zero attached hydrogens (tertiary/aromatic N) is 3. The Morgan fingerprint density at radius 2 is 1.96 bits per heavy atom. The van der Waals surface area contributed by atoms with Crippen LogP contribution in [-0.2, 0) is 9.59 Å². The van der Waals surface area contributed by atoms with Crippen LogP contribution in [0.15, 0.2) is 24.3 Å². The molecule has 0 bridgehead atoms. The average molecular weight is 335 g/mol. The van der Waals surface area contributed by atoms with Crippen molar-refractivity contribution in [2.24, 2.45) is 0 Å². The van der Waals surface area contributed by atoms with Crippen molar-refractivity contribution in [3.63, 3.8) is 0 Å². The fraction of sp³-hybridized carbons (Fsp3) is 0.467. The van der Waals surface area contributed by atoms with Crippen LogP contribution < -0.4 is 10.6 Å². The number of piperazine rings is 1. The van der Waals surface area contributed by atoms with Crippen LogP contribution in [0.3, 0.4) is 0 Å². The van der Waals surface area contributed by atoms with Gasteiger partial charge in [-0.25, -0.2) is 0 Å². The lowest BCUT2D eigenvalue weighted by atomic mass is 10.2. The maximum atomic E-state index is 12.1. The van der Waals surface area contributed by atoms with Crippen LogP contribution in [0.1, 0.15) is 0 Å². The number of likely N-dealkylation sites (N-methyl/N-ethyl adjacent to an activating group) is 1. The van der Waals surface area contributed by atoms with Crippen molar-refractivity contribution in [2.45, 2.75) is 0 Å². The first-order valence-electron chi connectivity index (χ1n) is 7.67. The van der Waals surface area contributed by atoms with Gasteiger partial charge in [-0.05, 0) is 13.1 Å². The molecule has 2 amide bonds. The monoisotopic (exact) mass is 335 g/mol. The molecule has 2 N–H and O–H groups in total. The Labute approximate surface area is 139 Å². The van der Waals surface area contributed by atoms with Gasteiger partial charge >= 0.3 is 0 Å². The van der Waals surface area contributed by atoms with E-state index in [1.807, 2.05) is 0 Å². The molecule has 0 unspecified atom stereocenters. The quantitative estimate of drug-likeness (QED) is 0.555. The summed E-state index contributed by atoms with van der Waals surface area (Å²) in [7, 11) is 1.67. The van der Waals surface area contributed by atoms with Crippen molar-refractivity contribution in [3.05, 3.63) is 34.4 Å². The first kappa shape index (κ1) is 17.8. The molecule has 1 fully saturated rings. The SMILES string of the molecule is CN(CC(=O)Nc1ccccc1[N+](=O)[O-])CC(=O)N1CCNCC1. The van der Waals surface area contributed by atoms with Gasteiger partial charge in [0.05, 0.1) is 18.0 Å². The molecule has 9 nitrogen and oxygen atoms in total. The molecule has 0 radical (unpaired) electrons. The second kappa shape index (κ2) is 8.37. The van der Waals surface area contributed by atoms with Crippen molar-refractivity contribution in [2.75, 3.05) is 51.6 Å². The number of rotatable bonds is 6. The van der Waals surface area contributed by atoms with E-state index in [-0.39, 0.29) is 30.4 Å². The topological polar surface area (TPSA) is 108 Å². The molecule has 0 atom stereocenters. The van der Waals surface area contributed by atoms with E-state index in [9.17, 15) is 19.7 Å². The lowest BCUT2D eigenvalue weighted by Crippen LogP contribution is -2.49. The maximum absolute atomic E-state index is 12.1. The molecule has 0 aliphatic carbocycles. The first-order chi connectivity index (χ1) is 11.5. The van der Waals surface area contributed by atoms with Gasteiger partial charge in [0.2, 0.25) is 11.8 Å². The molecule has 1 aliphatic heterocycles. The highest BCUT2D eigenvalue weighted by molar-refractivity contribution is 5.94. The number of para-hydroxylation sites is 2. The number of amides is 2. The highest BCUT2D eigenvalue weighted by atomic mass is 16.6. The smallest absolute Gasteiger partial charge is 0.292 e. The predicted molar refractivity (Wildman–Crippen MR) is 88.7 cm³/mol. The van der Waals surface area contributed by atoms with Crippen molar-refractivity contribution >= 4 is 23.2 Å². The third-order valence-corrected chi connectivity index (χ3v) is 3.66. The summed E-state index contributed by atoms with van der Waals surface area (Å²) in [6, 6.07) is 5.95. The zero-order chi connectivity index (χ0) is 17.5. The van der Waals surface area contributed by atoms with Crippen LogP contribution in [0.25, 0.3) is 0 Å². The van der Waals surface area contributed by atoms with Crippen LogP contribution in [0.4, 0.5) is 11.4 Å². The van der Waals surface area contributed by atoms with Gasteiger partial charge in [0.1, 0.15) is 5.69 Å². The first-order valence-corrected chi connectivity index (χ1v) is 7.67. The Bertz CT molecular complexity index is 616. The highest BCUT2D eigenvalue weighted by Gasteiger charge is 2.20. The van der Waals surface area contributed by atoms with Gasteiger partial charge in [0, 0.05) is 32.2 Å². The number of benzene rings is 1. The van der Waals surface area contributed by atoms with Crippen LogP contribution >= 0.6 is 0 Å². The molecule has 130 valence electrons. The largest absolute Gasteiger partial charge is 0.339 e. The number of anilines is 1. The Morgan fingerprint density at radius 3 is 2.62 bits per heavy atom. The van der Waals surface area contributed by atoms with E-state index in [2.05, 4.69) is 10.6 Å². The Balaban J connectivity index is 1.85. The second-order valence-corrected chi connectivity index (χ2v) is 5.63. The number of hydrogen-bond donors (Lipinski definition) is 2. The lowest BCUT2D eigenvalue weighted by Gasteiger charge is -2.29. The molecule has 2 rings (SSSR count). The number of carbonyl (C=O) groups is 2. The summed E-state index contributed by atoms with van der Waals surface area (Å²) in [6.45, 7) is 2.97. The molecule has 1 heterocycles. The Kier molecular flexibility index (Phi) is 6.21. The zero-order valence-electron chi connectivity index (χ0n) is 13.5. The summed E-state index contributed by atoms with van der Waals surface area (Å²) < 4.78 is 0. The van der Waals surface area contributed by atoms with Crippen molar-refractivity contribution in [1.82, 2.24) is 15.1 Å². The molecule has 1 aliphatic rings. The third-order valence-electron chi connectivity index (χ3n) is 3.66. The molecule has 0 spiro atoms. The van der Waals surface area contributed by atoms with Gasteiger partial charge in [-0.15, -0.1) is 0 Å². The molecule has 0 aromatic heterocycles. The lowest BCUT2D eigenvalue weighted by molar-refractivity contribution is -0.383. The van der Waals surface area contributed by atoms with Crippen molar-refractivity contribution < 1.29 is 14.5 Å². The van der Waals surface area contributed by atoms with Crippen LogP contribution in [-0.4, -0.2) is 72.9 Å². The number of nitrogens with one attached hydrogen (secondary N) is 2. The minimum atomic E-state index is -0.548. The Hall–Kier alpha value is -2.52. The highest BCUT2D eigenvalue weighted by Crippen LogP contribution is 2.22. The minimum absolute atomic E-state index is 0.0239. The van der Waals surface area contributed by atoms with Crippen LogP contribution in [0.5, 0.6) is 0 Å². The van der Waals surface area contributed by atoms with E-state index in [0.717, 1.165) is 13.1 Å². The van der Waals surface area contributed by atoms with Gasteiger partial charge in [0.25, 0.3) is 5.69 Å². The molecule has 1 aromatic carbocycles. The van der Waals surface area contributed by atoms with Gasteiger partial charge in [-0.3, -0.25) is 24.6 Å². The van der Waals surface area contributed by atoms with E-state index in [0.29, 0.717) is 13.1 Å². The van der Waals surface area contributed by atoms with Crippen LogP contribution in [0.2, 0.25) is 0 Å². The van der Waals surface area contributed by atoms with Gasteiger partial charge < -0.3 is 15.5 Å². The van der Waals surface area contributed by atoms with Gasteiger partial charge in [-0.1, -0.05) is 12.1 Å². The maximum Gasteiger partial charge on any atom is 0.292 e. The Morgan fingerprint density at radius 1 is 1.29 bits per heavy atom. The molecular weight excluding hydrogens is 314 g/mol. The molecule has 1 saturated heterocycles. The summed E-state index contributed by atoms with van der Waals surface area (Å²) in [5.41, 5.74) is -0.0141. The molecule has 0 saturated carbocycles. The molecule has 24 heavy (non-hydrogen) atoms. The summed E-state index contributed by atoms with van der Waals surface area (Å²) >= 11 is 0. The zero-order valence-corrected chi connectivity index (χ0v) is 13.5. The summed E-state index contributed by atoms with van der Waals surface area (Å²) in [6.07, 6.45) is 0. The van der Waals surface area contributed by atoms with Crippen LogP contribution in [0, 0.1) is 10.1 Å². The minimum Gasteiger partial charge on any atom is -0.339 e. The summed E-state index contributed by atoms with van der Waals surface area (Å²) in [5.74, 6) is -0.433. The normalized spacial score (nSPS) is 14.5. The van der Waals surface area contributed by atoms with E-state index in [1.54, 1.807) is 22.9 Å². The second-order valence-electron chi connectivity index (χ2n) is 5.63. The third kappa shape index (κ3) is 5.00. The van der Waals surface area contributed by atoms with Crippen molar-refractivity contribution in [3.8, 4) is 0 Å². The summed E-state index contributed by atoms with van der Waals surface area (Å²) in [4.78, 5) is 37.9. The number of hydrogen-bond acceptors (Lipinski definition) is 6. The molecule has 1 aromatic rings. The van der Waals surface area contributed by atoms with Gasteiger partial charge in [-0.2, -0.15) is 0 Å². The summed E-state index contributed by atoms with van der Waals surface area (Å²) in [5, 5.41) is 16.6. The average Bonchev–Trinajstić information content (AvgIpc) is 2.55. The fourth-order valence-corrected chi connectivity index (χ4v) is 2.47. The van der Waals surface area contributed by atoms with Crippen molar-refractivity contribution in [1.29, 1.82) is 0 Å². The van der Waals surface area contributed by atoms with E-state index >= 15 is 0 Å². The predicted octanol–water partition coefficient (Wildman–Crippen LogP) is -0.103. The van der Waals surface area contributed by atoms with E-state index < -0.39 is 10.8 Å². The number of carbonyl (C=O) groups excluding carboxylic acids is 2. The number of nitro benzene ring substituents is 1. The number of nitro groups is 1. The van der Waals surface area contributed by atoms with Gasteiger partial charge in [0.15, 0.2) is 0 Å². The fourth-order valence-electron chi connectivity index (χ4n) is 2.47. The standard InChI is InChI=1S/C15H21N5O4/c1-18(11-15(22)19-8-6-16-7-9-19)10-14(21)17-12-4-2-3-5-13(12)20(23)24/h2-5,16H,6-11H2,1H3,(H,17,21). The van der Waals surface area contributed by atoms with E-state index in [4.69, 9.17) is 0 Å². The molecule has 9 heteroatoms. The van der Waals surface area contributed by atoms with E-state index in [1.165, 1.54) is 18.2 Å².